The zero-order chi connectivity index (χ0) is 37.6. The minimum Gasteiger partial charge on any atom is -1.00 e. The van der Waals surface area contributed by atoms with E-state index in [9.17, 15) is 0 Å². The van der Waals surface area contributed by atoms with Gasteiger partial charge in [0.05, 0.1) is 0 Å². The van der Waals surface area contributed by atoms with Gasteiger partial charge in [-0.05, 0) is 201 Å². The minimum absolute atomic E-state index is 0. The van der Waals surface area contributed by atoms with E-state index in [1.165, 1.54) is 55.6 Å². The van der Waals surface area contributed by atoms with Crippen molar-refractivity contribution >= 4 is 0 Å². The fourth-order valence-electron chi connectivity index (χ4n) is 6.92. The molecule has 2 aliphatic carbocycles. The Kier molecular flexibility index (Phi) is 14.5. The van der Waals surface area contributed by atoms with Gasteiger partial charge in [-0.25, -0.2) is 0 Å². The van der Waals surface area contributed by atoms with Gasteiger partial charge in [-0.15, -0.1) is 0 Å². The summed E-state index contributed by atoms with van der Waals surface area (Å²) in [6.07, 6.45) is 3.62. The van der Waals surface area contributed by atoms with E-state index in [1.807, 2.05) is 0 Å². The molecule has 4 aromatic rings. The summed E-state index contributed by atoms with van der Waals surface area (Å²) >= 11 is 0. The Morgan fingerprint density at radius 1 is 0.418 bits per heavy atom. The molecule has 0 aromatic heterocycles. The molecular formula is C52H54Cl2Zr. The van der Waals surface area contributed by atoms with E-state index in [0.29, 0.717) is 0 Å². The predicted molar refractivity (Wildman–Crippen MR) is 222 cm³/mol. The number of hydrogen-bond donors (Lipinski definition) is 0. The Morgan fingerprint density at radius 3 is 1.05 bits per heavy atom. The fraction of sp³-hybridized carbons (Fsp3) is 0.385. The van der Waals surface area contributed by atoms with Gasteiger partial charge in [0.15, 0.2) is 0 Å². The summed E-state index contributed by atoms with van der Waals surface area (Å²) in [5.74, 6) is 28.1. The summed E-state index contributed by atoms with van der Waals surface area (Å²) in [5, 5.41) is 0. The first kappa shape index (κ1) is 46.0. The Bertz CT molecular complexity index is 2180. The number of fused-ring (bicyclic) bond motifs is 6. The molecule has 0 amide bonds. The second-order valence-electron chi connectivity index (χ2n) is 18.8. The van der Waals surface area contributed by atoms with Crippen LogP contribution in [0.2, 0.25) is 0 Å². The Balaban J connectivity index is 0.00000271. The van der Waals surface area contributed by atoms with Crippen LogP contribution in [0.3, 0.4) is 0 Å². The van der Waals surface area contributed by atoms with Crippen molar-refractivity contribution in [1.29, 1.82) is 0 Å². The molecule has 0 fully saturated rings. The summed E-state index contributed by atoms with van der Waals surface area (Å²) in [5.41, 5.74) is 17.8. The molecule has 4 aromatic carbocycles. The van der Waals surface area contributed by atoms with Gasteiger partial charge in [-0.3, -0.25) is 0 Å². The molecule has 0 atom stereocenters. The summed E-state index contributed by atoms with van der Waals surface area (Å²) in [4.78, 5) is 0. The zero-order valence-corrected chi connectivity index (χ0v) is 38.8. The summed E-state index contributed by atoms with van der Waals surface area (Å²) in [6, 6.07) is 22.7. The van der Waals surface area contributed by atoms with Crippen molar-refractivity contribution in [3.05, 3.63) is 116 Å². The van der Waals surface area contributed by atoms with Crippen molar-refractivity contribution in [3.63, 3.8) is 0 Å². The molecule has 0 spiro atoms. The molecule has 0 radical (unpaired) electrons. The summed E-state index contributed by atoms with van der Waals surface area (Å²) in [7, 11) is 0. The monoisotopic (exact) mass is 838 g/mol. The molecule has 0 heterocycles. The zero-order valence-electron chi connectivity index (χ0n) is 34.9. The Hall–Kier alpha value is -3.42. The van der Waals surface area contributed by atoms with Crippen molar-refractivity contribution in [2.24, 2.45) is 21.7 Å². The van der Waals surface area contributed by atoms with E-state index in [0.717, 1.165) is 47.9 Å². The summed E-state index contributed by atoms with van der Waals surface area (Å²) < 4.78 is 0. The van der Waals surface area contributed by atoms with Gasteiger partial charge in [-0.2, -0.15) is 0 Å². The first-order valence-corrected chi connectivity index (χ1v) is 18.9. The molecule has 6 rings (SSSR count). The molecule has 55 heavy (non-hydrogen) atoms. The minimum atomic E-state index is -0.0856. The quantitative estimate of drug-likeness (QED) is 0.186. The van der Waals surface area contributed by atoms with Crippen molar-refractivity contribution in [3.8, 4) is 69.6 Å². The SMILES string of the molecule is CC(C)(C)C#Cc1ccc2c(c1)Cc1c-2ccc(C#CC(C)(C)C)c1CCc1c(C#CC(C)(C)C)ccc2c1Cc1cc(C#CC(C)(C)C)ccc1-2.[Cl-].[Cl-].[Zr+2]. The first-order valence-electron chi connectivity index (χ1n) is 18.9. The first-order chi connectivity index (χ1) is 24.2. The number of hydrogen-bond acceptors (Lipinski definition) is 0. The maximum Gasteiger partial charge on any atom is 2.00 e. The average molecular weight is 841 g/mol. The van der Waals surface area contributed by atoms with Gasteiger partial charge in [-0.1, -0.05) is 71.6 Å². The predicted octanol–water partition coefficient (Wildman–Crippen LogP) is 6.21. The van der Waals surface area contributed by atoms with E-state index in [4.69, 9.17) is 0 Å². The standard InChI is InChI=1S/C52H54.2ClH.Zr/c1-49(2,3)27-23-35-13-17-43-39(31-35)33-47-41(37(15-19-45(43)47)25-29-51(7,8)9)21-22-42-38(26-30-52(10,11)12)16-20-46-44-18-14-36(24-28-50(4,5)6)32-40(44)34-48(42)46;;;/h13-20,31-32H,21-22,33-34H2,1-12H3;2*1H;/q;;;+2/p-2. The third kappa shape index (κ3) is 11.6. The topological polar surface area (TPSA) is 0 Å². The maximum atomic E-state index is 3.64. The second-order valence-corrected chi connectivity index (χ2v) is 18.8. The molecule has 0 saturated heterocycles. The van der Waals surface area contributed by atoms with Crippen molar-refractivity contribution < 1.29 is 51.0 Å². The molecule has 0 bridgehead atoms. The molecule has 2 aliphatic rings. The van der Waals surface area contributed by atoms with E-state index >= 15 is 0 Å². The molecule has 0 N–H and O–H groups in total. The van der Waals surface area contributed by atoms with Crippen LogP contribution in [-0.4, -0.2) is 0 Å². The maximum absolute atomic E-state index is 3.64. The van der Waals surface area contributed by atoms with Crippen LogP contribution in [0.4, 0.5) is 0 Å². The number of halogens is 2. The van der Waals surface area contributed by atoms with Crippen molar-refractivity contribution in [1.82, 2.24) is 0 Å². The summed E-state index contributed by atoms with van der Waals surface area (Å²) in [6.45, 7) is 26.1. The number of benzene rings is 4. The van der Waals surface area contributed by atoms with Gasteiger partial charge in [0.2, 0.25) is 0 Å². The van der Waals surface area contributed by atoms with E-state index in [-0.39, 0.29) is 72.7 Å². The van der Waals surface area contributed by atoms with Crippen LogP contribution in [0.1, 0.15) is 139 Å². The van der Waals surface area contributed by atoms with Gasteiger partial charge < -0.3 is 24.8 Å². The van der Waals surface area contributed by atoms with Gasteiger partial charge in [0.1, 0.15) is 0 Å². The van der Waals surface area contributed by atoms with Gasteiger partial charge in [0.25, 0.3) is 0 Å². The number of rotatable bonds is 3. The van der Waals surface area contributed by atoms with Crippen molar-refractivity contribution in [2.45, 2.75) is 109 Å². The Morgan fingerprint density at radius 2 is 0.727 bits per heavy atom. The van der Waals surface area contributed by atoms with E-state index < -0.39 is 0 Å². The van der Waals surface area contributed by atoms with Crippen LogP contribution in [0.25, 0.3) is 22.3 Å². The third-order valence-electron chi connectivity index (χ3n) is 9.32. The molecule has 0 unspecified atom stereocenters. The van der Waals surface area contributed by atoms with Gasteiger partial charge in [0, 0.05) is 43.9 Å². The van der Waals surface area contributed by atoms with Crippen molar-refractivity contribution in [2.75, 3.05) is 0 Å². The molecular weight excluding hydrogens is 787 g/mol. The fourth-order valence-corrected chi connectivity index (χ4v) is 6.92. The van der Waals surface area contributed by atoms with Crippen LogP contribution in [0.15, 0.2) is 60.7 Å². The van der Waals surface area contributed by atoms with E-state index in [2.05, 4.69) is 191 Å². The Labute approximate surface area is 364 Å². The van der Waals surface area contributed by atoms with Crippen LogP contribution in [0, 0.1) is 69.0 Å². The average Bonchev–Trinajstić information content (AvgIpc) is 3.60. The van der Waals surface area contributed by atoms with Crippen LogP contribution >= 0.6 is 0 Å². The van der Waals surface area contributed by atoms with E-state index in [1.54, 1.807) is 0 Å². The smallest absolute Gasteiger partial charge is 1.00 e. The second kappa shape index (κ2) is 17.4. The van der Waals surface area contributed by atoms with Crippen LogP contribution < -0.4 is 24.8 Å². The largest absolute Gasteiger partial charge is 2.00 e. The normalized spacial score (nSPS) is 12.1. The van der Waals surface area contributed by atoms with Crippen LogP contribution in [-0.2, 0) is 51.9 Å². The molecule has 3 heteroatoms. The molecule has 0 nitrogen and oxygen atoms in total. The molecule has 280 valence electrons. The third-order valence-corrected chi connectivity index (χ3v) is 9.32. The molecule has 0 aliphatic heterocycles. The van der Waals surface area contributed by atoms with Crippen LogP contribution in [0.5, 0.6) is 0 Å². The molecule has 0 saturated carbocycles. The van der Waals surface area contributed by atoms with Gasteiger partial charge >= 0.3 is 26.2 Å².